The Kier molecular flexibility index (Phi) is 4.37. The molecule has 0 amide bonds. The van der Waals surface area contributed by atoms with Crippen molar-refractivity contribution in [2.24, 2.45) is 0 Å². The van der Waals surface area contributed by atoms with Crippen LogP contribution in [0.1, 0.15) is 5.56 Å². The largest absolute Gasteiger partial charge is 0.382 e. The molecule has 5 nitrogen and oxygen atoms in total. The third-order valence-corrected chi connectivity index (χ3v) is 3.06. The fourth-order valence-electron chi connectivity index (χ4n) is 1.47. The van der Waals surface area contributed by atoms with E-state index in [4.69, 9.17) is 4.84 Å². The number of benzene rings is 2. The van der Waals surface area contributed by atoms with Crippen molar-refractivity contribution in [1.82, 2.24) is 5.48 Å². The van der Waals surface area contributed by atoms with Crippen molar-refractivity contribution < 1.29 is 9.76 Å². The summed E-state index contributed by atoms with van der Waals surface area (Å²) in [7, 11) is 0. The van der Waals surface area contributed by atoms with Gasteiger partial charge in [-0.1, -0.05) is 34.6 Å². The van der Waals surface area contributed by atoms with Crippen LogP contribution in [0, 0.1) is 10.1 Å². The van der Waals surface area contributed by atoms with E-state index in [2.05, 4.69) is 28.0 Å². The van der Waals surface area contributed by atoms with E-state index in [1.165, 1.54) is 24.3 Å². The van der Waals surface area contributed by atoms with Crippen LogP contribution in [-0.4, -0.2) is 4.92 Å². The molecule has 0 spiro atoms. The fraction of sp³-hybridized carbons (Fsp3) is 0. The van der Waals surface area contributed by atoms with Crippen LogP contribution in [0.4, 0.5) is 5.69 Å². The zero-order valence-electron chi connectivity index (χ0n) is 10.4. The van der Waals surface area contributed by atoms with Gasteiger partial charge in [-0.3, -0.25) is 10.1 Å². The van der Waals surface area contributed by atoms with E-state index in [9.17, 15) is 10.1 Å². The third-order valence-electron chi connectivity index (χ3n) is 2.53. The first kappa shape index (κ1) is 14.1. The van der Waals surface area contributed by atoms with Crippen LogP contribution in [0.2, 0.25) is 0 Å². The molecule has 0 aromatic heterocycles. The summed E-state index contributed by atoms with van der Waals surface area (Å²) in [5, 5.41) is 10.5. The number of nitrogens with zero attached hydrogens (tertiary/aromatic N) is 1. The molecule has 1 N–H and O–H groups in total. The number of nitro benzene ring substituents is 1. The number of non-ortho nitro benzene ring substituents is 1. The van der Waals surface area contributed by atoms with Crippen molar-refractivity contribution in [3.63, 3.8) is 0 Å². The Bertz CT molecular complexity index is 624. The van der Waals surface area contributed by atoms with Crippen molar-refractivity contribution in [1.29, 1.82) is 0 Å². The molecule has 2 aromatic carbocycles. The van der Waals surface area contributed by atoms with Crippen molar-refractivity contribution >= 4 is 27.3 Å². The molecule has 0 aliphatic carbocycles. The Morgan fingerprint density at radius 3 is 2.30 bits per heavy atom. The summed E-state index contributed by atoms with van der Waals surface area (Å²) in [6, 6.07) is 13.3. The summed E-state index contributed by atoms with van der Waals surface area (Å²) in [5.41, 5.74) is 4.20. The maximum atomic E-state index is 10.5. The average Bonchev–Trinajstić information content (AvgIpc) is 2.46. The van der Waals surface area contributed by atoms with E-state index < -0.39 is 4.92 Å². The molecule has 0 aliphatic rings. The van der Waals surface area contributed by atoms with Crippen LogP contribution in [0.3, 0.4) is 0 Å². The smallest absolute Gasteiger partial charge is 0.269 e. The molecule has 0 fully saturated rings. The minimum atomic E-state index is -0.460. The second kappa shape index (κ2) is 6.21. The summed E-state index contributed by atoms with van der Waals surface area (Å²) in [4.78, 5) is 15.4. The number of hydrogen-bond acceptors (Lipinski definition) is 4. The maximum absolute atomic E-state index is 10.5. The van der Waals surface area contributed by atoms with Crippen molar-refractivity contribution in [2.45, 2.75) is 0 Å². The predicted molar refractivity (Wildman–Crippen MR) is 80.0 cm³/mol. The van der Waals surface area contributed by atoms with Gasteiger partial charge in [0.25, 0.3) is 5.69 Å². The third kappa shape index (κ3) is 3.58. The predicted octanol–water partition coefficient (Wildman–Crippen LogP) is 3.91. The zero-order chi connectivity index (χ0) is 14.5. The van der Waals surface area contributed by atoms with Crippen molar-refractivity contribution in [2.75, 3.05) is 0 Å². The van der Waals surface area contributed by atoms with Crippen LogP contribution >= 0.6 is 15.9 Å². The van der Waals surface area contributed by atoms with Crippen molar-refractivity contribution in [3.05, 3.63) is 75.3 Å². The van der Waals surface area contributed by atoms with E-state index >= 15 is 0 Å². The molecular formula is C14H11BrN2O3. The first-order valence-corrected chi connectivity index (χ1v) is 6.48. The topological polar surface area (TPSA) is 64.4 Å². The van der Waals surface area contributed by atoms with Gasteiger partial charge in [-0.15, -0.1) is 0 Å². The number of nitro groups is 1. The van der Waals surface area contributed by atoms with Gasteiger partial charge in [0.1, 0.15) is 0 Å². The van der Waals surface area contributed by atoms with Gasteiger partial charge in [-0.25, -0.2) is 5.48 Å². The molecule has 0 aliphatic heterocycles. The van der Waals surface area contributed by atoms with E-state index in [-0.39, 0.29) is 5.69 Å². The van der Waals surface area contributed by atoms with Crippen molar-refractivity contribution in [3.8, 4) is 5.75 Å². The molecular weight excluding hydrogens is 324 g/mol. The SMILES string of the molecule is C=C(NOc1ccc([N+](=O)[O-])cc1)c1ccc(Br)cc1. The molecule has 0 saturated carbocycles. The van der Waals surface area contributed by atoms with Gasteiger partial charge >= 0.3 is 0 Å². The quantitative estimate of drug-likeness (QED) is 0.665. The lowest BCUT2D eigenvalue weighted by Gasteiger charge is -2.10. The summed E-state index contributed by atoms with van der Waals surface area (Å²) >= 11 is 3.35. The Hall–Kier alpha value is -2.34. The Morgan fingerprint density at radius 2 is 1.75 bits per heavy atom. The van der Waals surface area contributed by atoms with Crippen LogP contribution in [-0.2, 0) is 0 Å². The molecule has 20 heavy (non-hydrogen) atoms. The van der Waals surface area contributed by atoms with E-state index in [1.807, 2.05) is 24.3 Å². The van der Waals surface area contributed by atoms with Gasteiger partial charge in [-0.2, -0.15) is 0 Å². The molecule has 102 valence electrons. The number of rotatable bonds is 5. The first-order valence-electron chi connectivity index (χ1n) is 5.68. The van der Waals surface area contributed by atoms with Gasteiger partial charge in [0, 0.05) is 22.2 Å². The second-order valence-electron chi connectivity index (χ2n) is 3.94. The minimum Gasteiger partial charge on any atom is -0.382 e. The Labute approximate surface area is 124 Å². The molecule has 2 aromatic rings. The lowest BCUT2D eigenvalue weighted by Crippen LogP contribution is -2.15. The van der Waals surface area contributed by atoms with Gasteiger partial charge in [0.05, 0.1) is 10.6 Å². The maximum Gasteiger partial charge on any atom is 0.269 e. The monoisotopic (exact) mass is 334 g/mol. The molecule has 0 radical (unpaired) electrons. The summed E-state index contributed by atoms with van der Waals surface area (Å²) < 4.78 is 0.977. The molecule has 6 heteroatoms. The van der Waals surface area contributed by atoms with Crippen LogP contribution in [0.5, 0.6) is 5.75 Å². The molecule has 2 rings (SSSR count). The number of hydroxylamine groups is 1. The highest BCUT2D eigenvalue weighted by Crippen LogP contribution is 2.18. The normalized spacial score (nSPS) is 9.85. The van der Waals surface area contributed by atoms with E-state index in [0.29, 0.717) is 11.4 Å². The Morgan fingerprint density at radius 1 is 1.15 bits per heavy atom. The van der Waals surface area contributed by atoms with Crippen LogP contribution in [0.15, 0.2) is 59.6 Å². The van der Waals surface area contributed by atoms with Crippen LogP contribution in [0.25, 0.3) is 5.70 Å². The average molecular weight is 335 g/mol. The highest BCUT2D eigenvalue weighted by molar-refractivity contribution is 9.10. The first-order chi connectivity index (χ1) is 9.56. The number of nitrogens with one attached hydrogen (secondary N) is 1. The molecule has 0 bridgehead atoms. The lowest BCUT2D eigenvalue weighted by molar-refractivity contribution is -0.384. The van der Waals surface area contributed by atoms with E-state index in [1.54, 1.807) is 0 Å². The number of halogens is 1. The summed E-state index contributed by atoms with van der Waals surface area (Å²) in [6.45, 7) is 3.86. The molecule has 0 atom stereocenters. The van der Waals surface area contributed by atoms with E-state index in [0.717, 1.165) is 10.0 Å². The van der Waals surface area contributed by atoms with Crippen LogP contribution < -0.4 is 10.3 Å². The standard InChI is InChI=1S/C14H11BrN2O3/c1-10(11-2-4-12(15)5-3-11)16-20-14-8-6-13(7-9-14)17(18)19/h2-9,16H,1H2. The summed E-state index contributed by atoms with van der Waals surface area (Å²) in [6.07, 6.45) is 0. The second-order valence-corrected chi connectivity index (χ2v) is 4.86. The van der Waals surface area contributed by atoms with Gasteiger partial charge < -0.3 is 4.84 Å². The molecule has 0 unspecified atom stereocenters. The van der Waals surface area contributed by atoms with Gasteiger partial charge in [0.2, 0.25) is 0 Å². The Balaban J connectivity index is 1.96. The lowest BCUT2D eigenvalue weighted by atomic mass is 10.2. The molecule has 0 saturated heterocycles. The van der Waals surface area contributed by atoms with Gasteiger partial charge in [-0.05, 0) is 24.3 Å². The number of hydrogen-bond donors (Lipinski definition) is 1. The molecule has 0 heterocycles. The summed E-state index contributed by atoms with van der Waals surface area (Å²) in [5.74, 6) is 0.467. The fourth-order valence-corrected chi connectivity index (χ4v) is 1.73. The zero-order valence-corrected chi connectivity index (χ0v) is 12.0. The highest BCUT2D eigenvalue weighted by Gasteiger charge is 2.05. The van der Waals surface area contributed by atoms with Gasteiger partial charge in [0.15, 0.2) is 5.75 Å². The minimum absolute atomic E-state index is 0.0177. The highest BCUT2D eigenvalue weighted by atomic mass is 79.9.